The van der Waals surface area contributed by atoms with Crippen molar-refractivity contribution in [2.75, 3.05) is 19.1 Å². The summed E-state index contributed by atoms with van der Waals surface area (Å²) in [6, 6.07) is 22.4. The molecule has 0 saturated carbocycles. The minimum absolute atomic E-state index is 0.242. The van der Waals surface area contributed by atoms with E-state index >= 15 is 0 Å². The zero-order valence-electron chi connectivity index (χ0n) is 18.6. The third-order valence-corrected chi connectivity index (χ3v) is 6.36. The van der Waals surface area contributed by atoms with Gasteiger partial charge in [0.2, 0.25) is 0 Å². The number of hydrogen-bond donors (Lipinski definition) is 1. The Bertz CT molecular complexity index is 1310. The molecule has 2 atom stereocenters. The Morgan fingerprint density at radius 3 is 2.53 bits per heavy atom. The van der Waals surface area contributed by atoms with Crippen LogP contribution < -0.4 is 19.7 Å². The van der Waals surface area contributed by atoms with E-state index < -0.39 is 0 Å². The molecule has 1 N–H and O–H groups in total. The van der Waals surface area contributed by atoms with Crippen molar-refractivity contribution < 1.29 is 13.9 Å². The van der Waals surface area contributed by atoms with Gasteiger partial charge >= 0.3 is 0 Å². The van der Waals surface area contributed by atoms with Gasteiger partial charge in [0, 0.05) is 22.8 Å². The van der Waals surface area contributed by atoms with Crippen molar-refractivity contribution in [3.8, 4) is 22.8 Å². The lowest BCUT2D eigenvalue weighted by Gasteiger charge is -2.27. The number of nitrogens with zero attached hydrogens (tertiary/aromatic N) is 2. The maximum absolute atomic E-state index is 6.39. The lowest BCUT2D eigenvalue weighted by atomic mass is 10.0. The topological polar surface area (TPSA) is 59.8 Å². The number of rotatable bonds is 6. The summed E-state index contributed by atoms with van der Waals surface area (Å²) in [6.07, 6.45) is 1.77. The quantitative estimate of drug-likeness (QED) is 0.323. The fraction of sp³-hybridized carbons (Fsp3) is 0.154. The highest BCUT2D eigenvalue weighted by atomic mass is 35.5. The van der Waals surface area contributed by atoms with E-state index in [-0.39, 0.29) is 12.1 Å². The Morgan fingerprint density at radius 2 is 1.82 bits per heavy atom. The van der Waals surface area contributed by atoms with Crippen LogP contribution in [0.2, 0.25) is 5.02 Å². The second-order valence-corrected chi connectivity index (χ2v) is 8.57. The van der Waals surface area contributed by atoms with E-state index in [9.17, 15) is 0 Å². The summed E-state index contributed by atoms with van der Waals surface area (Å²) in [7, 11) is 3.26. The van der Waals surface area contributed by atoms with Crippen molar-refractivity contribution in [1.29, 1.82) is 0 Å². The molecule has 5 rings (SSSR count). The lowest BCUT2D eigenvalue weighted by Crippen LogP contribution is -2.29. The highest BCUT2D eigenvalue weighted by Gasteiger charge is 2.43. The number of methoxy groups -OCH3 is 2. The standard InChI is InChI=1S/C26H22ClN3O3S/c1-31-18-10-11-22(32-2)20(15-18)30-25(24(29-26(30)34)19-5-3-4-14-28-19)23-13-12-21(33-23)16-6-8-17(27)9-7-16/h3-15,24-25H,1-2H3,(H,29,34)/t24-,25+/m1/s1. The maximum Gasteiger partial charge on any atom is 0.174 e. The molecule has 1 aliphatic rings. The molecule has 0 unspecified atom stereocenters. The molecule has 3 heterocycles. The number of furan rings is 1. The summed E-state index contributed by atoms with van der Waals surface area (Å²) in [5.41, 5.74) is 2.56. The average Bonchev–Trinajstić information content (AvgIpc) is 3.49. The van der Waals surface area contributed by atoms with Crippen molar-refractivity contribution in [2.24, 2.45) is 0 Å². The molecule has 2 aromatic carbocycles. The summed E-state index contributed by atoms with van der Waals surface area (Å²) in [6.45, 7) is 0. The number of ether oxygens (including phenoxy) is 2. The summed E-state index contributed by atoms with van der Waals surface area (Å²) >= 11 is 11.9. The van der Waals surface area contributed by atoms with Gasteiger partial charge in [0.05, 0.1) is 31.6 Å². The highest BCUT2D eigenvalue weighted by molar-refractivity contribution is 7.80. The van der Waals surface area contributed by atoms with E-state index in [1.54, 1.807) is 20.4 Å². The lowest BCUT2D eigenvalue weighted by molar-refractivity contribution is 0.400. The predicted molar refractivity (Wildman–Crippen MR) is 137 cm³/mol. The van der Waals surface area contributed by atoms with Crippen molar-refractivity contribution in [3.63, 3.8) is 0 Å². The summed E-state index contributed by atoms with van der Waals surface area (Å²) in [5, 5.41) is 4.65. The first-order valence-electron chi connectivity index (χ1n) is 10.7. The number of benzene rings is 2. The van der Waals surface area contributed by atoms with Crippen LogP contribution in [0.25, 0.3) is 11.3 Å². The highest BCUT2D eigenvalue weighted by Crippen LogP contribution is 2.46. The van der Waals surface area contributed by atoms with Crippen LogP contribution in [0.15, 0.2) is 83.4 Å². The second-order valence-electron chi connectivity index (χ2n) is 7.74. The Labute approximate surface area is 208 Å². The molecule has 1 saturated heterocycles. The SMILES string of the molecule is COc1ccc(OC)c(N2C(=S)N[C@H](c3ccccn3)[C@@H]2c2ccc(-c3ccc(Cl)cc3)o2)c1. The van der Waals surface area contributed by atoms with E-state index in [0.29, 0.717) is 21.6 Å². The van der Waals surface area contributed by atoms with Gasteiger partial charge in [-0.25, -0.2) is 0 Å². The van der Waals surface area contributed by atoms with Crippen molar-refractivity contribution in [2.45, 2.75) is 12.1 Å². The number of thiocarbonyl (C=S) groups is 1. The normalized spacial score (nSPS) is 17.5. The molecule has 0 aliphatic carbocycles. The van der Waals surface area contributed by atoms with Crippen molar-refractivity contribution >= 4 is 34.6 Å². The van der Waals surface area contributed by atoms with Crippen molar-refractivity contribution in [1.82, 2.24) is 10.3 Å². The molecule has 4 aromatic rings. The molecule has 1 fully saturated rings. The van der Waals surface area contributed by atoms with E-state index in [2.05, 4.69) is 10.3 Å². The third kappa shape index (κ3) is 4.08. The number of pyridine rings is 1. The number of anilines is 1. The van der Waals surface area contributed by atoms with Gasteiger partial charge in [-0.2, -0.15) is 0 Å². The Morgan fingerprint density at radius 1 is 1.00 bits per heavy atom. The first-order valence-corrected chi connectivity index (χ1v) is 11.5. The number of hydrogen-bond acceptors (Lipinski definition) is 5. The van der Waals surface area contributed by atoms with Crippen LogP contribution >= 0.6 is 23.8 Å². The summed E-state index contributed by atoms with van der Waals surface area (Å²) in [4.78, 5) is 6.59. The van der Waals surface area contributed by atoms with Gasteiger partial charge in [-0.15, -0.1) is 0 Å². The van der Waals surface area contributed by atoms with Gasteiger partial charge in [-0.3, -0.25) is 4.98 Å². The molecule has 2 aromatic heterocycles. The zero-order valence-corrected chi connectivity index (χ0v) is 20.1. The van der Waals surface area contributed by atoms with Crippen LogP contribution in [0.3, 0.4) is 0 Å². The van der Waals surface area contributed by atoms with Gasteiger partial charge in [-0.1, -0.05) is 17.7 Å². The maximum atomic E-state index is 6.39. The number of aromatic nitrogens is 1. The monoisotopic (exact) mass is 491 g/mol. The first kappa shape index (κ1) is 22.3. The van der Waals surface area contributed by atoms with Gasteiger partial charge in [-0.05, 0) is 72.9 Å². The van der Waals surface area contributed by atoms with Crippen LogP contribution in [0.5, 0.6) is 11.5 Å². The predicted octanol–water partition coefficient (Wildman–Crippen LogP) is 6.19. The molecular weight excluding hydrogens is 470 g/mol. The van der Waals surface area contributed by atoms with Crippen LogP contribution in [0.1, 0.15) is 23.5 Å². The van der Waals surface area contributed by atoms with Crippen LogP contribution in [0.4, 0.5) is 5.69 Å². The van der Waals surface area contributed by atoms with Gasteiger partial charge in [0.25, 0.3) is 0 Å². The molecule has 0 spiro atoms. The zero-order chi connectivity index (χ0) is 23.7. The van der Waals surface area contributed by atoms with Crippen molar-refractivity contribution in [3.05, 3.63) is 95.5 Å². The van der Waals surface area contributed by atoms with E-state index in [1.165, 1.54) is 0 Å². The third-order valence-electron chi connectivity index (χ3n) is 5.79. The van der Waals surface area contributed by atoms with Gasteiger partial charge < -0.3 is 24.1 Å². The smallest absolute Gasteiger partial charge is 0.174 e. The second kappa shape index (κ2) is 9.37. The summed E-state index contributed by atoms with van der Waals surface area (Å²) < 4.78 is 17.5. The van der Waals surface area contributed by atoms with Crippen LogP contribution in [-0.4, -0.2) is 24.3 Å². The van der Waals surface area contributed by atoms with Gasteiger partial charge in [0.1, 0.15) is 29.1 Å². The minimum atomic E-state index is -0.315. The van der Waals surface area contributed by atoms with Gasteiger partial charge in [0.15, 0.2) is 5.11 Å². The molecular formula is C26H22ClN3O3S. The minimum Gasteiger partial charge on any atom is -0.497 e. The average molecular weight is 492 g/mol. The summed E-state index contributed by atoms with van der Waals surface area (Å²) in [5.74, 6) is 2.83. The molecule has 0 bridgehead atoms. The largest absolute Gasteiger partial charge is 0.497 e. The Balaban J connectivity index is 1.63. The first-order chi connectivity index (χ1) is 16.6. The Hall–Kier alpha value is -3.55. The van der Waals surface area contributed by atoms with E-state index in [1.807, 2.05) is 77.7 Å². The molecule has 0 radical (unpaired) electrons. The molecule has 0 amide bonds. The molecule has 172 valence electrons. The van der Waals surface area contributed by atoms with E-state index in [4.69, 9.17) is 37.7 Å². The molecule has 6 nitrogen and oxygen atoms in total. The molecule has 34 heavy (non-hydrogen) atoms. The van der Waals surface area contributed by atoms with Crippen LogP contribution in [-0.2, 0) is 0 Å². The number of nitrogens with one attached hydrogen (secondary N) is 1. The fourth-order valence-corrected chi connectivity index (χ4v) is 4.63. The van der Waals surface area contributed by atoms with Crippen LogP contribution in [0, 0.1) is 0 Å². The van der Waals surface area contributed by atoms with E-state index in [0.717, 1.165) is 28.5 Å². The Kier molecular flexibility index (Phi) is 6.13. The number of halogens is 1. The fourth-order valence-electron chi connectivity index (χ4n) is 4.17. The molecule has 8 heteroatoms. The molecule has 1 aliphatic heterocycles.